The minimum Gasteiger partial charge on any atom is -0.381 e. The minimum atomic E-state index is 0.0434. The summed E-state index contributed by atoms with van der Waals surface area (Å²) in [5.74, 6) is 1.31. The van der Waals surface area contributed by atoms with Crippen LogP contribution in [0.1, 0.15) is 43.6 Å². The van der Waals surface area contributed by atoms with Gasteiger partial charge in [-0.25, -0.2) is 0 Å². The number of rotatable bonds is 2. The third-order valence-electron chi connectivity index (χ3n) is 4.93. The molecule has 18 heavy (non-hydrogen) atoms. The van der Waals surface area contributed by atoms with Gasteiger partial charge in [-0.15, -0.1) is 0 Å². The first-order chi connectivity index (χ1) is 8.78. The average molecular weight is 245 g/mol. The third-order valence-corrected chi connectivity index (χ3v) is 4.93. The quantitative estimate of drug-likeness (QED) is 0.869. The maximum atomic E-state index is 6.62. The molecular formula is C16H23NO. The van der Waals surface area contributed by atoms with Gasteiger partial charge in [-0.1, -0.05) is 30.3 Å². The standard InChI is InChI=1S/C16H23NO/c17-16(15-8-11-18-12-15)9-6-14(7-10-16)13-4-2-1-3-5-13/h1-5,14-15H,6-12,17H2. The lowest BCUT2D eigenvalue weighted by Crippen LogP contribution is -2.49. The molecular weight excluding hydrogens is 222 g/mol. The van der Waals surface area contributed by atoms with Gasteiger partial charge >= 0.3 is 0 Å². The summed E-state index contributed by atoms with van der Waals surface area (Å²) in [6.45, 7) is 1.79. The van der Waals surface area contributed by atoms with E-state index in [0.717, 1.165) is 32.5 Å². The number of hydrogen-bond donors (Lipinski definition) is 1. The van der Waals surface area contributed by atoms with Crippen molar-refractivity contribution in [3.8, 4) is 0 Å². The SMILES string of the molecule is NC1(C2CCOC2)CCC(c2ccccc2)CC1. The summed E-state index contributed by atoms with van der Waals surface area (Å²) in [6, 6.07) is 10.9. The van der Waals surface area contributed by atoms with Gasteiger partial charge in [-0.3, -0.25) is 0 Å². The molecule has 0 aromatic heterocycles. The summed E-state index contributed by atoms with van der Waals surface area (Å²) >= 11 is 0. The van der Waals surface area contributed by atoms with E-state index in [-0.39, 0.29) is 5.54 Å². The van der Waals surface area contributed by atoms with Gasteiger partial charge in [0, 0.05) is 18.1 Å². The predicted molar refractivity (Wildman–Crippen MR) is 73.5 cm³/mol. The van der Waals surface area contributed by atoms with E-state index in [2.05, 4.69) is 30.3 Å². The van der Waals surface area contributed by atoms with Gasteiger partial charge in [-0.2, -0.15) is 0 Å². The minimum absolute atomic E-state index is 0.0434. The molecule has 1 aliphatic heterocycles. The fourth-order valence-electron chi connectivity index (χ4n) is 3.61. The normalized spacial score (nSPS) is 36.7. The summed E-state index contributed by atoms with van der Waals surface area (Å²) < 4.78 is 5.51. The molecule has 2 aliphatic rings. The molecule has 2 N–H and O–H groups in total. The van der Waals surface area contributed by atoms with Gasteiger partial charge in [0.2, 0.25) is 0 Å². The van der Waals surface area contributed by atoms with E-state index >= 15 is 0 Å². The Hall–Kier alpha value is -0.860. The molecule has 1 aromatic carbocycles. The summed E-state index contributed by atoms with van der Waals surface area (Å²) in [7, 11) is 0. The molecule has 1 heterocycles. The topological polar surface area (TPSA) is 35.2 Å². The first kappa shape index (κ1) is 12.2. The molecule has 2 fully saturated rings. The Balaban J connectivity index is 1.64. The lowest BCUT2D eigenvalue weighted by Gasteiger charge is -2.41. The van der Waals surface area contributed by atoms with Gasteiger partial charge in [0.1, 0.15) is 0 Å². The highest BCUT2D eigenvalue weighted by Crippen LogP contribution is 2.42. The Morgan fingerprint density at radius 2 is 1.78 bits per heavy atom. The van der Waals surface area contributed by atoms with Crippen LogP contribution in [0.5, 0.6) is 0 Å². The van der Waals surface area contributed by atoms with Crippen LogP contribution in [-0.2, 0) is 4.74 Å². The summed E-state index contributed by atoms with van der Waals surface area (Å²) in [5, 5.41) is 0. The van der Waals surface area contributed by atoms with Crippen molar-refractivity contribution in [2.45, 2.75) is 43.6 Å². The van der Waals surface area contributed by atoms with E-state index in [4.69, 9.17) is 10.5 Å². The fourth-order valence-corrected chi connectivity index (χ4v) is 3.61. The van der Waals surface area contributed by atoms with Crippen molar-refractivity contribution >= 4 is 0 Å². The molecule has 1 saturated heterocycles. The van der Waals surface area contributed by atoms with Crippen LogP contribution in [0.4, 0.5) is 0 Å². The van der Waals surface area contributed by atoms with Crippen LogP contribution >= 0.6 is 0 Å². The molecule has 1 unspecified atom stereocenters. The summed E-state index contributed by atoms with van der Waals surface area (Å²) in [6.07, 6.45) is 5.93. The first-order valence-corrected chi connectivity index (χ1v) is 7.19. The monoisotopic (exact) mass is 245 g/mol. The van der Waals surface area contributed by atoms with Gasteiger partial charge < -0.3 is 10.5 Å². The first-order valence-electron chi connectivity index (χ1n) is 7.19. The second-order valence-corrected chi connectivity index (χ2v) is 5.98. The number of ether oxygens (including phenoxy) is 1. The molecule has 3 rings (SSSR count). The van der Waals surface area contributed by atoms with E-state index in [1.165, 1.54) is 18.4 Å². The second kappa shape index (κ2) is 5.02. The van der Waals surface area contributed by atoms with E-state index < -0.39 is 0 Å². The van der Waals surface area contributed by atoms with Gasteiger partial charge in [0.15, 0.2) is 0 Å². The van der Waals surface area contributed by atoms with Crippen LogP contribution < -0.4 is 5.73 Å². The number of nitrogens with two attached hydrogens (primary N) is 1. The van der Waals surface area contributed by atoms with E-state index in [1.54, 1.807) is 0 Å². The van der Waals surface area contributed by atoms with Crippen molar-refractivity contribution in [3.05, 3.63) is 35.9 Å². The molecule has 0 amide bonds. The Kier molecular flexibility index (Phi) is 3.40. The molecule has 2 heteroatoms. The molecule has 1 aromatic rings. The van der Waals surface area contributed by atoms with Crippen molar-refractivity contribution in [1.82, 2.24) is 0 Å². The molecule has 1 atom stereocenters. The largest absolute Gasteiger partial charge is 0.381 e. The predicted octanol–water partition coefficient (Wildman–Crippen LogP) is 3.08. The molecule has 98 valence electrons. The highest BCUT2D eigenvalue weighted by atomic mass is 16.5. The number of benzene rings is 1. The molecule has 0 spiro atoms. The molecule has 2 nitrogen and oxygen atoms in total. The zero-order chi connectivity index (χ0) is 12.4. The number of hydrogen-bond acceptors (Lipinski definition) is 2. The summed E-state index contributed by atoms with van der Waals surface area (Å²) in [4.78, 5) is 0. The molecule has 1 aliphatic carbocycles. The van der Waals surface area contributed by atoms with E-state index in [1.807, 2.05) is 0 Å². The van der Waals surface area contributed by atoms with Crippen LogP contribution in [0.3, 0.4) is 0 Å². The fraction of sp³-hybridized carbons (Fsp3) is 0.625. The lowest BCUT2D eigenvalue weighted by molar-refractivity contribution is 0.137. The second-order valence-electron chi connectivity index (χ2n) is 5.98. The molecule has 1 saturated carbocycles. The maximum absolute atomic E-state index is 6.62. The van der Waals surface area contributed by atoms with Gasteiger partial charge in [0.05, 0.1) is 6.61 Å². The summed E-state index contributed by atoms with van der Waals surface area (Å²) in [5.41, 5.74) is 8.16. The molecule has 0 radical (unpaired) electrons. The zero-order valence-corrected chi connectivity index (χ0v) is 11.0. The molecule has 0 bridgehead atoms. The van der Waals surface area contributed by atoms with Crippen molar-refractivity contribution in [2.75, 3.05) is 13.2 Å². The average Bonchev–Trinajstić information content (AvgIpc) is 2.95. The van der Waals surface area contributed by atoms with E-state index in [9.17, 15) is 0 Å². The highest BCUT2D eigenvalue weighted by Gasteiger charge is 2.40. The van der Waals surface area contributed by atoms with Crippen molar-refractivity contribution in [2.24, 2.45) is 11.7 Å². The van der Waals surface area contributed by atoms with Gasteiger partial charge in [-0.05, 0) is 43.6 Å². The van der Waals surface area contributed by atoms with Crippen molar-refractivity contribution in [1.29, 1.82) is 0 Å². The van der Waals surface area contributed by atoms with Crippen LogP contribution in [0.25, 0.3) is 0 Å². The zero-order valence-electron chi connectivity index (χ0n) is 11.0. The van der Waals surface area contributed by atoms with Crippen LogP contribution in [0.2, 0.25) is 0 Å². The Bertz CT molecular complexity index is 375. The highest BCUT2D eigenvalue weighted by molar-refractivity contribution is 5.20. The maximum Gasteiger partial charge on any atom is 0.0512 e. The van der Waals surface area contributed by atoms with Crippen LogP contribution in [0, 0.1) is 5.92 Å². The van der Waals surface area contributed by atoms with Gasteiger partial charge in [0.25, 0.3) is 0 Å². The van der Waals surface area contributed by atoms with Crippen molar-refractivity contribution in [3.63, 3.8) is 0 Å². The Morgan fingerprint density at radius 1 is 1.06 bits per heavy atom. The van der Waals surface area contributed by atoms with Crippen LogP contribution in [-0.4, -0.2) is 18.8 Å². The Labute approximate surface area is 110 Å². The lowest BCUT2D eigenvalue weighted by atomic mass is 9.69. The Morgan fingerprint density at radius 3 is 2.39 bits per heavy atom. The van der Waals surface area contributed by atoms with E-state index in [0.29, 0.717) is 11.8 Å². The third kappa shape index (κ3) is 2.32. The van der Waals surface area contributed by atoms with Crippen LogP contribution in [0.15, 0.2) is 30.3 Å². The smallest absolute Gasteiger partial charge is 0.0512 e. The van der Waals surface area contributed by atoms with Crippen molar-refractivity contribution < 1.29 is 4.74 Å².